The second-order valence-electron chi connectivity index (χ2n) is 7.11. The first kappa shape index (κ1) is 24.5. The van der Waals surface area contributed by atoms with E-state index in [1.807, 2.05) is 12.4 Å². The van der Waals surface area contributed by atoms with E-state index in [1.165, 1.54) is 4.88 Å². The Labute approximate surface area is 176 Å². The Kier molecular flexibility index (Phi) is 9.01. The zero-order valence-corrected chi connectivity index (χ0v) is 17.6. The van der Waals surface area contributed by atoms with Gasteiger partial charge < -0.3 is 19.9 Å². The summed E-state index contributed by atoms with van der Waals surface area (Å²) in [5.41, 5.74) is 2.98. The van der Waals surface area contributed by atoms with Crippen LogP contribution in [0.4, 0.5) is 13.2 Å². The first-order valence-electron chi connectivity index (χ1n) is 9.43. The molecule has 0 unspecified atom stereocenters. The highest BCUT2D eigenvalue weighted by molar-refractivity contribution is 7.09. The zero-order chi connectivity index (χ0) is 22.3. The van der Waals surface area contributed by atoms with Gasteiger partial charge in [0.1, 0.15) is 0 Å². The Hall–Kier alpha value is -1.76. The van der Waals surface area contributed by atoms with E-state index in [4.69, 9.17) is 19.4 Å². The second-order valence-corrected chi connectivity index (χ2v) is 8.05. The van der Waals surface area contributed by atoms with E-state index in [0.717, 1.165) is 38.4 Å². The van der Waals surface area contributed by atoms with Crippen molar-refractivity contribution in [1.29, 1.82) is 0 Å². The van der Waals surface area contributed by atoms with Gasteiger partial charge in [0.2, 0.25) is 5.91 Å². The Morgan fingerprint density at radius 3 is 2.70 bits per heavy atom. The lowest BCUT2D eigenvalue weighted by molar-refractivity contribution is -0.192. The standard InChI is InChI=1S/C16H25N3O3S.C2HF3O2/c1-11-15(23-10-18-11)9-19-7-13(16(20)17-4-6-21-2)12-3-5-22-14(12)8-19;3-2(4,5)1(6)7/h10,12-14H,3-9H2,1-2H3,(H,17,20);(H,6,7)/t12-,13+,14+;/m0./s1. The summed E-state index contributed by atoms with van der Waals surface area (Å²) < 4.78 is 42.6. The number of carbonyl (C=O) groups excluding carboxylic acids is 1. The van der Waals surface area contributed by atoms with Gasteiger partial charge in [0.25, 0.3) is 0 Å². The van der Waals surface area contributed by atoms with Crippen molar-refractivity contribution >= 4 is 23.2 Å². The van der Waals surface area contributed by atoms with Crippen molar-refractivity contribution in [2.24, 2.45) is 11.8 Å². The first-order chi connectivity index (χ1) is 14.1. The molecule has 2 aliphatic rings. The summed E-state index contributed by atoms with van der Waals surface area (Å²) in [6, 6.07) is 0. The maximum absolute atomic E-state index is 12.6. The monoisotopic (exact) mass is 453 g/mol. The van der Waals surface area contributed by atoms with Crippen molar-refractivity contribution in [3.8, 4) is 0 Å². The third-order valence-corrected chi connectivity index (χ3v) is 5.99. The minimum Gasteiger partial charge on any atom is -0.475 e. The molecule has 8 nitrogen and oxygen atoms in total. The smallest absolute Gasteiger partial charge is 0.475 e. The second kappa shape index (κ2) is 11.0. The van der Waals surface area contributed by atoms with Crippen LogP contribution in [0.1, 0.15) is 17.0 Å². The predicted molar refractivity (Wildman–Crippen MR) is 102 cm³/mol. The number of alkyl halides is 3. The van der Waals surface area contributed by atoms with Crippen molar-refractivity contribution < 1.29 is 37.3 Å². The Morgan fingerprint density at radius 2 is 2.13 bits per heavy atom. The molecule has 2 N–H and O–H groups in total. The number of carboxylic acid groups (broad SMARTS) is 1. The minimum atomic E-state index is -5.08. The van der Waals surface area contributed by atoms with E-state index >= 15 is 0 Å². The number of likely N-dealkylation sites (tertiary alicyclic amines) is 1. The highest BCUT2D eigenvalue weighted by atomic mass is 32.1. The number of ether oxygens (including phenoxy) is 2. The average Bonchev–Trinajstić information content (AvgIpc) is 3.30. The van der Waals surface area contributed by atoms with Crippen molar-refractivity contribution in [2.45, 2.75) is 32.2 Å². The molecule has 170 valence electrons. The molecule has 3 heterocycles. The van der Waals surface area contributed by atoms with E-state index < -0.39 is 12.1 Å². The largest absolute Gasteiger partial charge is 0.490 e. The van der Waals surface area contributed by atoms with Crippen LogP contribution < -0.4 is 5.32 Å². The molecule has 0 spiro atoms. The molecule has 12 heteroatoms. The van der Waals surface area contributed by atoms with Gasteiger partial charge in [-0.2, -0.15) is 13.2 Å². The number of carbonyl (C=O) groups is 2. The number of hydrogen-bond acceptors (Lipinski definition) is 7. The highest BCUT2D eigenvalue weighted by Gasteiger charge is 2.43. The van der Waals surface area contributed by atoms with Gasteiger partial charge in [-0.25, -0.2) is 9.78 Å². The van der Waals surface area contributed by atoms with Gasteiger partial charge in [0.15, 0.2) is 0 Å². The van der Waals surface area contributed by atoms with Crippen molar-refractivity contribution in [2.75, 3.05) is 40.0 Å². The number of nitrogens with zero attached hydrogens (tertiary/aromatic N) is 2. The van der Waals surface area contributed by atoms with Gasteiger partial charge in [0, 0.05) is 50.7 Å². The van der Waals surface area contributed by atoms with Crippen LogP contribution in [-0.2, 0) is 25.6 Å². The number of carboxylic acids is 1. The number of nitrogens with one attached hydrogen (secondary N) is 1. The molecular weight excluding hydrogens is 427 g/mol. The molecular formula is C18H26F3N3O5S. The molecule has 0 radical (unpaired) electrons. The zero-order valence-electron chi connectivity index (χ0n) is 16.8. The van der Waals surface area contributed by atoms with Crippen molar-refractivity contribution in [3.05, 3.63) is 16.1 Å². The van der Waals surface area contributed by atoms with E-state index in [-0.39, 0.29) is 17.9 Å². The van der Waals surface area contributed by atoms with Gasteiger partial charge in [0.05, 0.1) is 29.8 Å². The van der Waals surface area contributed by atoms with Crippen molar-refractivity contribution in [3.63, 3.8) is 0 Å². The molecule has 2 fully saturated rings. The molecule has 1 aromatic heterocycles. The number of aliphatic carboxylic acids is 1. The van der Waals surface area contributed by atoms with Crippen LogP contribution in [0, 0.1) is 18.8 Å². The van der Waals surface area contributed by atoms with Crippen LogP contribution in [0.15, 0.2) is 5.51 Å². The summed E-state index contributed by atoms with van der Waals surface area (Å²) in [6.07, 6.45) is -3.92. The van der Waals surface area contributed by atoms with Gasteiger partial charge in [-0.15, -0.1) is 11.3 Å². The maximum Gasteiger partial charge on any atom is 0.490 e. The topological polar surface area (TPSA) is 101 Å². The summed E-state index contributed by atoms with van der Waals surface area (Å²) in [4.78, 5) is 29.4. The minimum absolute atomic E-state index is 0.00123. The third kappa shape index (κ3) is 6.89. The number of methoxy groups -OCH3 is 1. The Morgan fingerprint density at radius 1 is 1.43 bits per heavy atom. The molecule has 3 atom stereocenters. The predicted octanol–water partition coefficient (Wildman–Crippen LogP) is 1.68. The fraction of sp³-hybridized carbons (Fsp3) is 0.722. The van der Waals surface area contributed by atoms with Crippen LogP contribution in [0.5, 0.6) is 0 Å². The van der Waals surface area contributed by atoms with Gasteiger partial charge in [-0.1, -0.05) is 0 Å². The summed E-state index contributed by atoms with van der Waals surface area (Å²) in [7, 11) is 1.65. The van der Waals surface area contributed by atoms with Gasteiger partial charge >= 0.3 is 12.1 Å². The molecule has 1 aromatic rings. The number of piperidine rings is 1. The summed E-state index contributed by atoms with van der Waals surface area (Å²) in [5.74, 6) is -2.28. The van der Waals surface area contributed by atoms with Crippen LogP contribution in [0.3, 0.4) is 0 Å². The number of hydrogen-bond donors (Lipinski definition) is 2. The summed E-state index contributed by atoms with van der Waals surface area (Å²) in [5, 5.41) is 10.1. The molecule has 0 saturated carbocycles. The molecule has 30 heavy (non-hydrogen) atoms. The van der Waals surface area contributed by atoms with E-state index in [2.05, 4.69) is 15.2 Å². The van der Waals surface area contributed by atoms with Crippen LogP contribution in [0.25, 0.3) is 0 Å². The number of fused-ring (bicyclic) bond motifs is 1. The molecule has 2 saturated heterocycles. The number of thiazole rings is 1. The van der Waals surface area contributed by atoms with E-state index in [0.29, 0.717) is 19.1 Å². The molecule has 1 amide bonds. The molecule has 3 rings (SSSR count). The summed E-state index contributed by atoms with van der Waals surface area (Å²) in [6.45, 7) is 6.48. The Bertz CT molecular complexity index is 715. The maximum atomic E-state index is 12.6. The van der Waals surface area contributed by atoms with Crippen LogP contribution in [0.2, 0.25) is 0 Å². The average molecular weight is 453 g/mol. The van der Waals surface area contributed by atoms with E-state index in [1.54, 1.807) is 18.4 Å². The van der Waals surface area contributed by atoms with Crippen molar-refractivity contribution in [1.82, 2.24) is 15.2 Å². The fourth-order valence-electron chi connectivity index (χ4n) is 3.55. The molecule has 0 aliphatic carbocycles. The third-order valence-electron chi connectivity index (χ3n) is 5.07. The molecule has 2 aliphatic heterocycles. The highest BCUT2D eigenvalue weighted by Crippen LogP contribution is 2.34. The number of rotatable bonds is 6. The lowest BCUT2D eigenvalue weighted by Gasteiger charge is -2.39. The lowest BCUT2D eigenvalue weighted by atomic mass is 9.82. The lowest BCUT2D eigenvalue weighted by Crippen LogP contribution is -2.52. The fourth-order valence-corrected chi connectivity index (χ4v) is 4.37. The molecule has 0 aromatic carbocycles. The molecule has 0 bridgehead atoms. The van der Waals surface area contributed by atoms with Crippen LogP contribution in [-0.4, -0.2) is 79.1 Å². The SMILES string of the molecule is COCCNC(=O)[C@@H]1CN(Cc2scnc2C)C[C@H]2OCC[C@H]21.O=C(O)C(F)(F)F. The summed E-state index contributed by atoms with van der Waals surface area (Å²) >= 11 is 1.68. The first-order valence-corrected chi connectivity index (χ1v) is 10.3. The number of halogens is 3. The normalized spacial score (nSPS) is 24.0. The number of aromatic nitrogens is 1. The Balaban J connectivity index is 0.000000396. The number of aryl methyl sites for hydroxylation is 1. The van der Waals surface area contributed by atoms with E-state index in [9.17, 15) is 18.0 Å². The van der Waals surface area contributed by atoms with Gasteiger partial charge in [-0.05, 0) is 13.3 Å². The van der Waals surface area contributed by atoms with Gasteiger partial charge in [-0.3, -0.25) is 9.69 Å². The quantitative estimate of drug-likeness (QED) is 0.632. The van der Waals surface area contributed by atoms with Crippen LogP contribution >= 0.6 is 11.3 Å². The number of amides is 1.